The minimum atomic E-state index is 0. The molecule has 0 saturated carbocycles. The van der Waals surface area contributed by atoms with Gasteiger partial charge in [0.1, 0.15) is 5.15 Å². The Bertz CT molecular complexity index is 725. The van der Waals surface area contributed by atoms with E-state index in [2.05, 4.69) is 20.6 Å². The molecule has 1 aromatic heterocycles. The van der Waals surface area contributed by atoms with Crippen LogP contribution in [0.2, 0.25) is 5.15 Å². The molecule has 0 radical (unpaired) electrons. The molecule has 0 bridgehead atoms. The molecular weight excluding hydrogens is 455 g/mol. The maximum absolute atomic E-state index is 5.78. The molecule has 0 amide bonds. The summed E-state index contributed by atoms with van der Waals surface area (Å²) in [6.45, 7) is 1.69. The predicted molar refractivity (Wildman–Crippen MR) is 109 cm³/mol. The van der Waals surface area contributed by atoms with E-state index >= 15 is 0 Å². The number of fused-ring (bicyclic) bond motifs is 1. The number of hydrogen-bond donors (Lipinski definition) is 2. The maximum atomic E-state index is 5.78. The van der Waals surface area contributed by atoms with Crippen LogP contribution in [0.4, 0.5) is 0 Å². The third kappa shape index (κ3) is 5.64. The van der Waals surface area contributed by atoms with Crippen LogP contribution >= 0.6 is 35.6 Å². The molecule has 8 heteroatoms. The summed E-state index contributed by atoms with van der Waals surface area (Å²) in [5, 5.41) is 7.06. The zero-order valence-electron chi connectivity index (χ0n) is 13.8. The fraction of sp³-hybridized carbons (Fsp3) is 0.294. The van der Waals surface area contributed by atoms with E-state index in [1.165, 1.54) is 0 Å². The van der Waals surface area contributed by atoms with Crippen LogP contribution in [0, 0.1) is 0 Å². The number of nitrogens with one attached hydrogen (secondary N) is 2. The van der Waals surface area contributed by atoms with E-state index in [4.69, 9.17) is 21.1 Å². The zero-order valence-corrected chi connectivity index (χ0v) is 16.9. The van der Waals surface area contributed by atoms with Gasteiger partial charge in [-0.2, -0.15) is 0 Å². The number of aromatic nitrogens is 1. The molecular formula is C17H20ClIN4O2. The van der Waals surface area contributed by atoms with Crippen LogP contribution < -0.4 is 20.1 Å². The monoisotopic (exact) mass is 474 g/mol. The van der Waals surface area contributed by atoms with Gasteiger partial charge in [-0.1, -0.05) is 23.7 Å². The van der Waals surface area contributed by atoms with Gasteiger partial charge in [0.25, 0.3) is 0 Å². The normalized spacial score (nSPS) is 12.5. The first-order valence-electron chi connectivity index (χ1n) is 7.68. The lowest BCUT2D eigenvalue weighted by Gasteiger charge is -2.12. The predicted octanol–water partition coefficient (Wildman–Crippen LogP) is 2.99. The van der Waals surface area contributed by atoms with Crippen molar-refractivity contribution >= 4 is 41.5 Å². The number of nitrogens with zero attached hydrogens (tertiary/aromatic N) is 2. The maximum Gasteiger partial charge on any atom is 0.231 e. The second kappa shape index (κ2) is 9.67. The molecule has 2 aromatic rings. The van der Waals surface area contributed by atoms with Crippen molar-refractivity contribution in [2.45, 2.75) is 13.0 Å². The van der Waals surface area contributed by atoms with Gasteiger partial charge in [-0.05, 0) is 35.7 Å². The number of halogens is 2. The van der Waals surface area contributed by atoms with Crippen molar-refractivity contribution in [2.75, 3.05) is 20.4 Å². The molecule has 2 heterocycles. The number of rotatable bonds is 5. The van der Waals surface area contributed by atoms with Gasteiger partial charge in [-0.3, -0.25) is 4.99 Å². The highest BCUT2D eigenvalue weighted by molar-refractivity contribution is 14.0. The minimum Gasteiger partial charge on any atom is -0.454 e. The van der Waals surface area contributed by atoms with Crippen LogP contribution in [0.25, 0.3) is 0 Å². The van der Waals surface area contributed by atoms with Gasteiger partial charge < -0.3 is 20.1 Å². The molecule has 2 N–H and O–H groups in total. The van der Waals surface area contributed by atoms with Gasteiger partial charge in [-0.25, -0.2) is 4.98 Å². The Kier molecular flexibility index (Phi) is 7.57. The number of benzene rings is 1. The first kappa shape index (κ1) is 19.6. The second-order valence-corrected chi connectivity index (χ2v) is 5.67. The molecule has 1 aromatic carbocycles. The van der Waals surface area contributed by atoms with E-state index in [1.807, 2.05) is 24.3 Å². The number of hydrogen-bond acceptors (Lipinski definition) is 4. The van der Waals surface area contributed by atoms with E-state index in [-0.39, 0.29) is 30.8 Å². The van der Waals surface area contributed by atoms with Crippen LogP contribution in [0.15, 0.2) is 41.5 Å². The van der Waals surface area contributed by atoms with Crippen LogP contribution in [0.3, 0.4) is 0 Å². The number of guanidine groups is 1. The van der Waals surface area contributed by atoms with E-state index in [1.54, 1.807) is 19.3 Å². The smallest absolute Gasteiger partial charge is 0.231 e. The highest BCUT2D eigenvalue weighted by Gasteiger charge is 2.13. The van der Waals surface area contributed by atoms with Crippen molar-refractivity contribution in [3.05, 3.63) is 52.8 Å². The SMILES string of the molecule is CN=C(NCCc1ccc(Cl)nc1)NCc1ccc2c(c1)OCO2.I. The number of pyridine rings is 1. The summed E-state index contributed by atoms with van der Waals surface area (Å²) in [7, 11) is 1.75. The molecule has 0 unspecified atom stereocenters. The van der Waals surface area contributed by atoms with Crippen molar-refractivity contribution in [1.29, 1.82) is 0 Å². The summed E-state index contributed by atoms with van der Waals surface area (Å²) in [6, 6.07) is 9.67. The van der Waals surface area contributed by atoms with E-state index in [9.17, 15) is 0 Å². The lowest BCUT2D eigenvalue weighted by Crippen LogP contribution is -2.37. The third-order valence-electron chi connectivity index (χ3n) is 3.62. The first-order chi connectivity index (χ1) is 11.7. The lowest BCUT2D eigenvalue weighted by molar-refractivity contribution is 0.174. The molecule has 0 saturated heterocycles. The first-order valence-corrected chi connectivity index (χ1v) is 8.06. The van der Waals surface area contributed by atoms with Crippen LogP contribution in [-0.2, 0) is 13.0 Å². The number of ether oxygens (including phenoxy) is 2. The van der Waals surface area contributed by atoms with Gasteiger partial charge in [0.2, 0.25) is 6.79 Å². The molecule has 25 heavy (non-hydrogen) atoms. The molecule has 0 spiro atoms. The van der Waals surface area contributed by atoms with E-state index in [0.717, 1.165) is 41.6 Å². The fourth-order valence-electron chi connectivity index (χ4n) is 2.34. The summed E-state index contributed by atoms with van der Waals surface area (Å²) in [6.07, 6.45) is 2.63. The van der Waals surface area contributed by atoms with Crippen LogP contribution in [0.5, 0.6) is 11.5 Å². The summed E-state index contributed by atoms with van der Waals surface area (Å²) >= 11 is 5.78. The standard InChI is InChI=1S/C17H19ClN4O2.HI/c1-19-17(20-7-6-12-3-5-16(18)21-9-12)22-10-13-2-4-14-15(8-13)24-11-23-14;/h2-5,8-9H,6-7,10-11H2,1H3,(H2,19,20,22);1H. The van der Waals surface area contributed by atoms with Crippen molar-refractivity contribution in [3.63, 3.8) is 0 Å². The average molecular weight is 475 g/mol. The van der Waals surface area contributed by atoms with Gasteiger partial charge in [-0.15, -0.1) is 24.0 Å². The summed E-state index contributed by atoms with van der Waals surface area (Å²) < 4.78 is 10.7. The lowest BCUT2D eigenvalue weighted by atomic mass is 10.2. The Morgan fingerprint density at radius 2 is 1.96 bits per heavy atom. The van der Waals surface area contributed by atoms with Crippen molar-refractivity contribution in [2.24, 2.45) is 4.99 Å². The molecule has 0 atom stereocenters. The Hall–Kier alpha value is -1.74. The second-order valence-electron chi connectivity index (χ2n) is 5.28. The molecule has 1 aliphatic rings. The third-order valence-corrected chi connectivity index (χ3v) is 3.84. The van der Waals surface area contributed by atoms with Crippen LogP contribution in [-0.4, -0.2) is 31.3 Å². The van der Waals surface area contributed by atoms with E-state index in [0.29, 0.717) is 11.7 Å². The molecule has 3 rings (SSSR count). The van der Waals surface area contributed by atoms with Crippen molar-refractivity contribution in [3.8, 4) is 11.5 Å². The summed E-state index contributed by atoms with van der Waals surface area (Å²) in [5.74, 6) is 2.32. The van der Waals surface area contributed by atoms with Crippen molar-refractivity contribution < 1.29 is 9.47 Å². The van der Waals surface area contributed by atoms with Crippen LogP contribution in [0.1, 0.15) is 11.1 Å². The molecule has 0 aliphatic carbocycles. The summed E-state index contributed by atoms with van der Waals surface area (Å²) in [5.41, 5.74) is 2.22. The van der Waals surface area contributed by atoms with Gasteiger partial charge in [0, 0.05) is 26.3 Å². The Labute approximate surface area is 169 Å². The van der Waals surface area contributed by atoms with Gasteiger partial charge in [0.15, 0.2) is 17.5 Å². The molecule has 0 fully saturated rings. The van der Waals surface area contributed by atoms with Crippen molar-refractivity contribution in [1.82, 2.24) is 15.6 Å². The zero-order chi connectivity index (χ0) is 16.8. The largest absolute Gasteiger partial charge is 0.454 e. The fourth-order valence-corrected chi connectivity index (χ4v) is 2.45. The average Bonchev–Trinajstić information content (AvgIpc) is 3.07. The summed E-state index contributed by atoms with van der Waals surface area (Å²) in [4.78, 5) is 8.29. The molecule has 6 nitrogen and oxygen atoms in total. The topological polar surface area (TPSA) is 67.8 Å². The molecule has 134 valence electrons. The quantitative estimate of drug-likeness (QED) is 0.302. The molecule has 1 aliphatic heterocycles. The minimum absolute atomic E-state index is 0. The Morgan fingerprint density at radius 1 is 1.16 bits per heavy atom. The highest BCUT2D eigenvalue weighted by Crippen LogP contribution is 2.32. The Balaban J connectivity index is 0.00000225. The van der Waals surface area contributed by atoms with E-state index < -0.39 is 0 Å². The Morgan fingerprint density at radius 3 is 2.72 bits per heavy atom. The number of aliphatic imine (C=N–C) groups is 1. The van der Waals surface area contributed by atoms with Gasteiger partial charge in [0.05, 0.1) is 0 Å². The highest BCUT2D eigenvalue weighted by atomic mass is 127. The van der Waals surface area contributed by atoms with Gasteiger partial charge >= 0.3 is 0 Å².